The van der Waals surface area contributed by atoms with Crippen molar-refractivity contribution in [1.29, 1.82) is 0 Å². The van der Waals surface area contributed by atoms with Crippen molar-refractivity contribution in [2.24, 2.45) is 0 Å². The van der Waals surface area contributed by atoms with E-state index in [1.165, 1.54) is 17.4 Å². The molecule has 0 saturated heterocycles. The molecule has 0 spiro atoms. The maximum atomic E-state index is 13.9. The molecule has 2 amide bonds. The topological polar surface area (TPSA) is 80.3 Å². The number of anilines is 1. The van der Waals surface area contributed by atoms with Gasteiger partial charge in [0.25, 0.3) is 5.91 Å². The van der Waals surface area contributed by atoms with Gasteiger partial charge in [0.15, 0.2) is 5.13 Å². The van der Waals surface area contributed by atoms with Crippen molar-refractivity contribution in [3.05, 3.63) is 76.0 Å². The van der Waals surface area contributed by atoms with Gasteiger partial charge in [0.05, 0.1) is 24.4 Å². The molecule has 0 aliphatic carbocycles. The van der Waals surface area contributed by atoms with E-state index in [0.717, 1.165) is 10.6 Å². The first-order valence-electron chi connectivity index (χ1n) is 9.47. The summed E-state index contributed by atoms with van der Waals surface area (Å²) in [6.07, 6.45) is 0.400. The average Bonchev–Trinajstić information content (AvgIpc) is 3.07. The molecule has 0 bridgehead atoms. The Kier molecular flexibility index (Phi) is 7.13. The van der Waals surface area contributed by atoms with Crippen molar-refractivity contribution in [2.45, 2.75) is 20.3 Å². The molecule has 1 heterocycles. The van der Waals surface area contributed by atoms with E-state index in [4.69, 9.17) is 4.74 Å². The summed E-state index contributed by atoms with van der Waals surface area (Å²) in [7, 11) is 0. The van der Waals surface area contributed by atoms with E-state index in [-0.39, 0.29) is 12.4 Å². The molecule has 2 aromatic carbocycles. The number of hydrogen-bond acceptors (Lipinski definition) is 5. The first-order chi connectivity index (χ1) is 14.5. The van der Waals surface area contributed by atoms with Crippen LogP contribution in [0.4, 0.5) is 9.52 Å². The van der Waals surface area contributed by atoms with Gasteiger partial charge in [-0.05, 0) is 37.6 Å². The van der Waals surface area contributed by atoms with Gasteiger partial charge < -0.3 is 15.4 Å². The second kappa shape index (κ2) is 9.98. The van der Waals surface area contributed by atoms with Crippen LogP contribution in [-0.2, 0) is 11.2 Å². The number of nitrogens with zero attached hydrogens (tertiary/aromatic N) is 1. The highest BCUT2D eigenvalue weighted by molar-refractivity contribution is 7.15. The molecule has 0 aliphatic rings. The van der Waals surface area contributed by atoms with Gasteiger partial charge in [0, 0.05) is 11.3 Å². The van der Waals surface area contributed by atoms with Gasteiger partial charge in [-0.3, -0.25) is 9.59 Å². The number of amides is 2. The number of para-hydroxylation sites is 1. The summed E-state index contributed by atoms with van der Waals surface area (Å²) in [6, 6.07) is 13.4. The highest BCUT2D eigenvalue weighted by Gasteiger charge is 2.15. The summed E-state index contributed by atoms with van der Waals surface area (Å²) in [6.45, 7) is 3.87. The number of ether oxygens (including phenoxy) is 1. The molecule has 0 fully saturated rings. The molecule has 3 rings (SSSR count). The molecular formula is C22H22FN3O3S. The Morgan fingerprint density at radius 2 is 1.87 bits per heavy atom. The van der Waals surface area contributed by atoms with Crippen molar-refractivity contribution < 1.29 is 18.7 Å². The summed E-state index contributed by atoms with van der Waals surface area (Å²) in [4.78, 5) is 29.8. The second-order valence-corrected chi connectivity index (χ2v) is 7.54. The molecular weight excluding hydrogens is 405 g/mol. The number of nitrogens with one attached hydrogen (secondary N) is 2. The van der Waals surface area contributed by atoms with Gasteiger partial charge in [0.2, 0.25) is 5.91 Å². The van der Waals surface area contributed by atoms with Crippen LogP contribution in [0, 0.1) is 12.7 Å². The van der Waals surface area contributed by atoms with Crippen molar-refractivity contribution in [3.8, 4) is 5.75 Å². The monoisotopic (exact) mass is 427 g/mol. The molecule has 2 N–H and O–H groups in total. The molecule has 156 valence electrons. The fourth-order valence-corrected chi connectivity index (χ4v) is 3.82. The van der Waals surface area contributed by atoms with Gasteiger partial charge in [-0.15, -0.1) is 11.3 Å². The van der Waals surface area contributed by atoms with Gasteiger partial charge >= 0.3 is 0 Å². The average molecular weight is 428 g/mol. The quantitative estimate of drug-likeness (QED) is 0.571. The highest BCUT2D eigenvalue weighted by Crippen LogP contribution is 2.26. The Bertz CT molecular complexity index is 1050. The minimum Gasteiger partial charge on any atom is -0.493 e. The summed E-state index contributed by atoms with van der Waals surface area (Å²) >= 11 is 1.29. The Morgan fingerprint density at radius 1 is 1.13 bits per heavy atom. The van der Waals surface area contributed by atoms with Crippen LogP contribution < -0.4 is 15.4 Å². The largest absolute Gasteiger partial charge is 0.493 e. The number of benzene rings is 2. The van der Waals surface area contributed by atoms with Crippen LogP contribution in [0.3, 0.4) is 0 Å². The lowest BCUT2D eigenvalue weighted by atomic mass is 10.1. The SMILES string of the molecule is CCOc1ccccc1C(=O)NCC(=O)Nc1nc(C)c(Cc2ccccc2F)s1. The molecule has 0 atom stereocenters. The van der Waals surface area contributed by atoms with Crippen LogP contribution in [0.5, 0.6) is 5.75 Å². The zero-order valence-electron chi connectivity index (χ0n) is 16.7. The zero-order valence-corrected chi connectivity index (χ0v) is 17.5. The number of carbonyl (C=O) groups excluding carboxylic acids is 2. The molecule has 1 aromatic heterocycles. The number of aryl methyl sites for hydroxylation is 1. The van der Waals surface area contributed by atoms with E-state index in [2.05, 4.69) is 15.6 Å². The minimum atomic E-state index is -0.400. The lowest BCUT2D eigenvalue weighted by Crippen LogP contribution is -2.33. The number of hydrogen-bond donors (Lipinski definition) is 2. The maximum absolute atomic E-state index is 13.9. The lowest BCUT2D eigenvalue weighted by molar-refractivity contribution is -0.115. The predicted octanol–water partition coefficient (Wildman–Crippen LogP) is 3.95. The number of thiazole rings is 1. The molecule has 8 heteroatoms. The van der Waals surface area contributed by atoms with Crippen LogP contribution in [0.1, 0.15) is 33.4 Å². The first kappa shape index (κ1) is 21.4. The van der Waals surface area contributed by atoms with Gasteiger partial charge in [-0.2, -0.15) is 0 Å². The van der Waals surface area contributed by atoms with E-state index < -0.39 is 11.8 Å². The minimum absolute atomic E-state index is 0.208. The van der Waals surface area contributed by atoms with E-state index >= 15 is 0 Å². The normalized spacial score (nSPS) is 10.5. The van der Waals surface area contributed by atoms with Crippen molar-refractivity contribution in [3.63, 3.8) is 0 Å². The van der Waals surface area contributed by atoms with Crippen molar-refractivity contribution in [2.75, 3.05) is 18.5 Å². The van der Waals surface area contributed by atoms with Gasteiger partial charge in [-0.1, -0.05) is 30.3 Å². The fourth-order valence-electron chi connectivity index (χ4n) is 2.82. The fraction of sp³-hybridized carbons (Fsp3) is 0.227. The molecule has 6 nitrogen and oxygen atoms in total. The number of halogens is 1. The van der Waals surface area contributed by atoms with Crippen molar-refractivity contribution >= 4 is 28.3 Å². The Labute approximate surface area is 178 Å². The van der Waals surface area contributed by atoms with E-state index in [9.17, 15) is 14.0 Å². The third kappa shape index (κ3) is 5.42. The number of aromatic nitrogens is 1. The molecule has 3 aromatic rings. The summed E-state index contributed by atoms with van der Waals surface area (Å²) in [5.41, 5.74) is 1.67. The third-order valence-electron chi connectivity index (χ3n) is 4.29. The first-order valence-corrected chi connectivity index (χ1v) is 10.3. The van der Waals surface area contributed by atoms with Crippen LogP contribution in [0.25, 0.3) is 0 Å². The molecule has 0 radical (unpaired) electrons. The van der Waals surface area contributed by atoms with Crippen LogP contribution in [0.15, 0.2) is 48.5 Å². The number of rotatable bonds is 8. The smallest absolute Gasteiger partial charge is 0.255 e. The predicted molar refractivity (Wildman–Crippen MR) is 115 cm³/mol. The zero-order chi connectivity index (χ0) is 21.5. The highest BCUT2D eigenvalue weighted by atomic mass is 32.1. The Morgan fingerprint density at radius 3 is 2.63 bits per heavy atom. The maximum Gasteiger partial charge on any atom is 0.255 e. The van der Waals surface area contributed by atoms with Crippen LogP contribution >= 0.6 is 11.3 Å². The third-order valence-corrected chi connectivity index (χ3v) is 5.36. The van der Waals surface area contributed by atoms with Gasteiger partial charge in [0.1, 0.15) is 11.6 Å². The van der Waals surface area contributed by atoms with Crippen LogP contribution in [-0.4, -0.2) is 29.9 Å². The van der Waals surface area contributed by atoms with E-state index in [1.807, 2.05) is 13.8 Å². The summed E-state index contributed by atoms with van der Waals surface area (Å²) in [5.74, 6) is -0.606. The second-order valence-electron chi connectivity index (χ2n) is 6.46. The lowest BCUT2D eigenvalue weighted by Gasteiger charge is -2.10. The molecule has 0 unspecified atom stereocenters. The van der Waals surface area contributed by atoms with Crippen molar-refractivity contribution in [1.82, 2.24) is 10.3 Å². The van der Waals surface area contributed by atoms with E-state index in [0.29, 0.717) is 35.0 Å². The molecule has 0 aliphatic heterocycles. The standard InChI is InChI=1S/C22H22FN3O3S/c1-3-29-18-11-7-5-9-16(18)21(28)24-13-20(27)26-22-25-14(2)19(30-22)12-15-8-4-6-10-17(15)23/h4-11H,3,12-13H2,1-2H3,(H,24,28)(H,25,26,27). The summed E-state index contributed by atoms with van der Waals surface area (Å²) in [5, 5.41) is 5.67. The summed E-state index contributed by atoms with van der Waals surface area (Å²) < 4.78 is 19.3. The number of carbonyl (C=O) groups is 2. The Hall–Kier alpha value is -3.26. The Balaban J connectivity index is 1.58. The van der Waals surface area contributed by atoms with Gasteiger partial charge in [-0.25, -0.2) is 9.37 Å². The molecule has 0 saturated carbocycles. The molecule has 30 heavy (non-hydrogen) atoms. The van der Waals surface area contributed by atoms with Crippen LogP contribution in [0.2, 0.25) is 0 Å². The van der Waals surface area contributed by atoms with E-state index in [1.54, 1.807) is 42.5 Å².